The third-order valence-corrected chi connectivity index (χ3v) is 5.67. The highest BCUT2D eigenvalue weighted by Gasteiger charge is 2.68. The van der Waals surface area contributed by atoms with Gasteiger partial charge in [0.1, 0.15) is 0 Å². The normalized spacial score (nSPS) is 30.3. The molecule has 1 saturated heterocycles. The van der Waals surface area contributed by atoms with Gasteiger partial charge in [0, 0.05) is 19.0 Å². The van der Waals surface area contributed by atoms with Gasteiger partial charge in [-0.1, -0.05) is 27.7 Å². The summed E-state index contributed by atoms with van der Waals surface area (Å²) < 4.78 is 0. The van der Waals surface area contributed by atoms with Gasteiger partial charge in [-0.15, -0.1) is 0 Å². The number of carbonyl (C=O) groups excluding carboxylic acids is 1. The number of rotatable bonds is 3. The molecule has 2 N–H and O–H groups in total. The van der Waals surface area contributed by atoms with Crippen LogP contribution in [0.25, 0.3) is 0 Å². The van der Waals surface area contributed by atoms with E-state index >= 15 is 0 Å². The third-order valence-electron chi connectivity index (χ3n) is 5.67. The maximum absolute atomic E-state index is 12.6. The number of nitrogens with zero attached hydrogens (tertiary/aromatic N) is 1. The predicted molar refractivity (Wildman–Crippen MR) is 74.0 cm³/mol. The number of hydrogen-bond acceptors (Lipinski definition) is 2. The molecule has 3 nitrogen and oxygen atoms in total. The van der Waals surface area contributed by atoms with E-state index in [0.717, 1.165) is 32.5 Å². The van der Waals surface area contributed by atoms with Crippen molar-refractivity contribution in [1.82, 2.24) is 4.90 Å². The molecule has 1 unspecified atom stereocenters. The lowest BCUT2D eigenvalue weighted by Gasteiger charge is -2.33. The molecule has 3 heteroatoms. The second-order valence-corrected chi connectivity index (χ2v) is 7.25. The summed E-state index contributed by atoms with van der Waals surface area (Å²) in [5.41, 5.74) is 5.95. The van der Waals surface area contributed by atoms with Crippen molar-refractivity contribution in [1.29, 1.82) is 0 Å². The van der Waals surface area contributed by atoms with Gasteiger partial charge in [-0.05, 0) is 42.6 Å². The number of hydrogen-bond donors (Lipinski definition) is 1. The lowest BCUT2D eigenvalue weighted by Crippen LogP contribution is -2.42. The van der Waals surface area contributed by atoms with E-state index in [1.807, 2.05) is 0 Å². The Labute approximate surface area is 111 Å². The van der Waals surface area contributed by atoms with Crippen LogP contribution in [0.4, 0.5) is 0 Å². The Balaban J connectivity index is 1.98. The molecule has 1 heterocycles. The fourth-order valence-corrected chi connectivity index (χ4v) is 3.73. The van der Waals surface area contributed by atoms with E-state index in [1.54, 1.807) is 0 Å². The van der Waals surface area contributed by atoms with Crippen molar-refractivity contribution in [3.63, 3.8) is 0 Å². The van der Waals surface area contributed by atoms with E-state index in [2.05, 4.69) is 32.6 Å². The van der Waals surface area contributed by atoms with E-state index in [-0.39, 0.29) is 16.7 Å². The van der Waals surface area contributed by atoms with Crippen LogP contribution in [0.3, 0.4) is 0 Å². The molecule has 0 aromatic rings. The molecule has 0 spiro atoms. The van der Waals surface area contributed by atoms with Crippen molar-refractivity contribution in [2.24, 2.45) is 28.4 Å². The molecule has 1 aliphatic heterocycles. The van der Waals surface area contributed by atoms with Gasteiger partial charge in [-0.25, -0.2) is 0 Å². The van der Waals surface area contributed by atoms with E-state index in [4.69, 9.17) is 5.73 Å². The van der Waals surface area contributed by atoms with Crippen molar-refractivity contribution in [2.75, 3.05) is 19.6 Å². The lowest BCUT2D eigenvalue weighted by atomic mass is 9.94. The first kappa shape index (κ1) is 13.9. The fraction of sp³-hybridized carbons (Fsp3) is 0.933. The standard InChI is InChI=1S/C15H28N2O/c1-14(2)12(15(14,3)4)13(18)17-9-5-6-11(10-17)7-8-16/h11-12H,5-10,16H2,1-4H3. The summed E-state index contributed by atoms with van der Waals surface area (Å²) in [6, 6.07) is 0. The Hall–Kier alpha value is -0.570. The molecular formula is C15H28N2O. The summed E-state index contributed by atoms with van der Waals surface area (Å²) in [7, 11) is 0. The highest BCUT2D eigenvalue weighted by molar-refractivity contribution is 5.84. The first-order valence-electron chi connectivity index (χ1n) is 7.31. The van der Waals surface area contributed by atoms with Crippen LogP contribution in [0.15, 0.2) is 0 Å². The number of amides is 1. The molecule has 18 heavy (non-hydrogen) atoms. The second-order valence-electron chi connectivity index (χ2n) is 7.25. The molecule has 0 radical (unpaired) electrons. The summed E-state index contributed by atoms with van der Waals surface area (Å²) in [5.74, 6) is 1.21. The fourth-order valence-electron chi connectivity index (χ4n) is 3.73. The molecule has 0 bridgehead atoms. The maximum atomic E-state index is 12.6. The highest BCUT2D eigenvalue weighted by atomic mass is 16.2. The van der Waals surface area contributed by atoms with Gasteiger partial charge in [-0.2, -0.15) is 0 Å². The number of piperidine rings is 1. The van der Waals surface area contributed by atoms with Crippen molar-refractivity contribution in [3.8, 4) is 0 Å². The molecule has 1 amide bonds. The van der Waals surface area contributed by atoms with Gasteiger partial charge < -0.3 is 10.6 Å². The van der Waals surface area contributed by atoms with Crippen LogP contribution in [0.2, 0.25) is 0 Å². The molecule has 2 aliphatic rings. The van der Waals surface area contributed by atoms with Crippen molar-refractivity contribution >= 4 is 5.91 Å². The first-order valence-corrected chi connectivity index (χ1v) is 7.31. The molecule has 1 atom stereocenters. The van der Waals surface area contributed by atoms with E-state index in [1.165, 1.54) is 6.42 Å². The predicted octanol–water partition coefficient (Wildman–Crippen LogP) is 2.26. The van der Waals surface area contributed by atoms with Gasteiger partial charge in [0.2, 0.25) is 5.91 Å². The van der Waals surface area contributed by atoms with Crippen LogP contribution >= 0.6 is 0 Å². The Bertz CT molecular complexity index is 319. The zero-order valence-electron chi connectivity index (χ0n) is 12.3. The number of carbonyl (C=O) groups is 1. The summed E-state index contributed by atoms with van der Waals surface area (Å²) in [5, 5.41) is 0. The molecule has 2 fully saturated rings. The highest BCUT2D eigenvalue weighted by Crippen LogP contribution is 2.68. The summed E-state index contributed by atoms with van der Waals surface area (Å²) >= 11 is 0. The monoisotopic (exact) mass is 252 g/mol. The molecular weight excluding hydrogens is 224 g/mol. The zero-order chi connectivity index (χ0) is 13.6. The van der Waals surface area contributed by atoms with Crippen LogP contribution < -0.4 is 5.73 Å². The van der Waals surface area contributed by atoms with Gasteiger partial charge in [0.25, 0.3) is 0 Å². The Morgan fingerprint density at radius 3 is 2.39 bits per heavy atom. The molecule has 1 aliphatic carbocycles. The average molecular weight is 252 g/mol. The summed E-state index contributed by atoms with van der Waals surface area (Å²) in [6.07, 6.45) is 3.43. The molecule has 0 aromatic carbocycles. The minimum atomic E-state index is 0.158. The summed E-state index contributed by atoms with van der Waals surface area (Å²) in [6.45, 7) is 11.5. The van der Waals surface area contributed by atoms with Crippen LogP contribution in [0.1, 0.15) is 47.0 Å². The topological polar surface area (TPSA) is 46.3 Å². The Morgan fingerprint density at radius 2 is 1.89 bits per heavy atom. The molecule has 104 valence electrons. The molecule has 1 saturated carbocycles. The van der Waals surface area contributed by atoms with E-state index in [9.17, 15) is 4.79 Å². The van der Waals surface area contributed by atoms with Crippen molar-refractivity contribution in [3.05, 3.63) is 0 Å². The van der Waals surface area contributed by atoms with Gasteiger partial charge in [-0.3, -0.25) is 4.79 Å². The van der Waals surface area contributed by atoms with Crippen LogP contribution in [-0.2, 0) is 4.79 Å². The Morgan fingerprint density at radius 1 is 1.28 bits per heavy atom. The van der Waals surface area contributed by atoms with Gasteiger partial charge in [0.15, 0.2) is 0 Å². The number of likely N-dealkylation sites (tertiary alicyclic amines) is 1. The van der Waals surface area contributed by atoms with E-state index < -0.39 is 0 Å². The SMILES string of the molecule is CC1(C)C(C(=O)N2CCCC(CCN)C2)C1(C)C. The quantitative estimate of drug-likeness (QED) is 0.837. The molecule has 2 rings (SSSR count). The third kappa shape index (κ3) is 2.07. The smallest absolute Gasteiger partial charge is 0.226 e. The van der Waals surface area contributed by atoms with E-state index in [0.29, 0.717) is 11.8 Å². The first-order chi connectivity index (χ1) is 8.32. The minimum absolute atomic E-state index is 0.158. The lowest BCUT2D eigenvalue weighted by molar-refractivity contribution is -0.135. The van der Waals surface area contributed by atoms with Gasteiger partial charge >= 0.3 is 0 Å². The van der Waals surface area contributed by atoms with Crippen LogP contribution in [-0.4, -0.2) is 30.4 Å². The molecule has 0 aromatic heterocycles. The zero-order valence-corrected chi connectivity index (χ0v) is 12.3. The average Bonchev–Trinajstić information content (AvgIpc) is 2.69. The van der Waals surface area contributed by atoms with Crippen molar-refractivity contribution < 1.29 is 4.79 Å². The maximum Gasteiger partial charge on any atom is 0.226 e. The largest absolute Gasteiger partial charge is 0.342 e. The summed E-state index contributed by atoms with van der Waals surface area (Å²) in [4.78, 5) is 14.7. The second kappa shape index (κ2) is 4.52. The van der Waals surface area contributed by atoms with Crippen molar-refractivity contribution in [2.45, 2.75) is 47.0 Å². The Kier molecular flexibility index (Phi) is 3.48. The minimum Gasteiger partial charge on any atom is -0.342 e. The number of nitrogens with two attached hydrogens (primary N) is 1. The van der Waals surface area contributed by atoms with Gasteiger partial charge in [0.05, 0.1) is 0 Å². The van der Waals surface area contributed by atoms with Crippen LogP contribution in [0.5, 0.6) is 0 Å². The van der Waals surface area contributed by atoms with Crippen LogP contribution in [0, 0.1) is 22.7 Å².